The second-order valence-electron chi connectivity index (χ2n) is 6.55. The van der Waals surface area contributed by atoms with Crippen molar-refractivity contribution in [2.45, 2.75) is 37.0 Å². The van der Waals surface area contributed by atoms with Crippen molar-refractivity contribution in [2.24, 2.45) is 0 Å². The largest absolute Gasteiger partial charge is 0.353 e. The molecular weight excluding hydrogens is 346 g/mol. The molecule has 0 spiro atoms. The van der Waals surface area contributed by atoms with E-state index in [2.05, 4.69) is 50.0 Å². The van der Waals surface area contributed by atoms with Gasteiger partial charge in [0.15, 0.2) is 5.65 Å². The van der Waals surface area contributed by atoms with Crippen molar-refractivity contribution in [3.63, 3.8) is 0 Å². The van der Waals surface area contributed by atoms with Crippen molar-refractivity contribution < 1.29 is 4.79 Å². The third-order valence-electron chi connectivity index (χ3n) is 4.86. The lowest BCUT2D eigenvalue weighted by atomic mass is 9.80. The number of H-pyrrole nitrogens is 1. The molecule has 7 heteroatoms. The zero-order chi connectivity index (χ0) is 18.1. The first-order valence-electron chi connectivity index (χ1n) is 8.70. The summed E-state index contributed by atoms with van der Waals surface area (Å²) < 4.78 is 0. The third-order valence-corrected chi connectivity index (χ3v) is 5.64. The van der Waals surface area contributed by atoms with Gasteiger partial charge in [0.25, 0.3) is 0 Å². The molecule has 4 rings (SSSR count). The Bertz CT molecular complexity index is 964. The van der Waals surface area contributed by atoms with Crippen molar-refractivity contribution in [1.29, 1.82) is 0 Å². The maximum absolute atomic E-state index is 10.8. The number of amides is 1. The number of carbonyl (C=O) groups excluding carboxylic acids is 1. The first kappa shape index (κ1) is 16.9. The molecule has 0 unspecified atom stereocenters. The average Bonchev–Trinajstić information content (AvgIpc) is 2.95. The highest BCUT2D eigenvalue weighted by Crippen LogP contribution is 2.40. The van der Waals surface area contributed by atoms with E-state index in [4.69, 9.17) is 0 Å². The molecule has 3 aromatic rings. The normalized spacial score (nSPS) is 14.2. The van der Waals surface area contributed by atoms with Gasteiger partial charge in [-0.2, -0.15) is 0 Å². The van der Waals surface area contributed by atoms with Crippen LogP contribution in [0.4, 0.5) is 17.2 Å². The summed E-state index contributed by atoms with van der Waals surface area (Å²) in [7, 11) is 0. The van der Waals surface area contributed by atoms with E-state index in [1.807, 2.05) is 13.0 Å². The smallest absolute Gasteiger partial charge is 0.212 e. The van der Waals surface area contributed by atoms with Crippen LogP contribution in [-0.2, 0) is 4.79 Å². The van der Waals surface area contributed by atoms with E-state index >= 15 is 0 Å². The number of aromatic nitrogens is 3. The number of imidazole rings is 1. The lowest BCUT2D eigenvalue weighted by Crippen LogP contribution is -2.09. The predicted octanol–water partition coefficient (Wildman–Crippen LogP) is 4.57. The van der Waals surface area contributed by atoms with E-state index in [-0.39, 0.29) is 0 Å². The molecule has 0 bridgehead atoms. The number of anilines is 3. The van der Waals surface area contributed by atoms with Crippen molar-refractivity contribution in [2.75, 3.05) is 16.9 Å². The molecule has 1 aliphatic rings. The quantitative estimate of drug-likeness (QED) is 0.439. The number of thioether (sulfide) groups is 1. The Morgan fingerprint density at radius 3 is 2.77 bits per heavy atom. The second-order valence-corrected chi connectivity index (χ2v) is 7.40. The summed E-state index contributed by atoms with van der Waals surface area (Å²) in [6, 6.07) is 8.46. The number of fused-ring (bicyclic) bond motifs is 1. The van der Waals surface area contributed by atoms with Crippen LogP contribution < -0.4 is 10.6 Å². The van der Waals surface area contributed by atoms with E-state index < -0.39 is 0 Å². The maximum atomic E-state index is 10.8. The molecule has 2 heterocycles. The Kier molecular flexibility index (Phi) is 4.55. The molecule has 1 saturated carbocycles. The molecule has 6 nitrogen and oxygen atoms in total. The molecular formula is C19H21N5OS. The summed E-state index contributed by atoms with van der Waals surface area (Å²) in [6.45, 7) is 1.89. The summed E-state index contributed by atoms with van der Waals surface area (Å²) in [5, 5.41) is 6.10. The number of carbonyl (C=O) groups is 1. The van der Waals surface area contributed by atoms with Gasteiger partial charge in [-0.25, -0.2) is 9.97 Å². The Hall–Kier alpha value is -2.54. The molecule has 134 valence electrons. The monoisotopic (exact) mass is 367 g/mol. The maximum Gasteiger partial charge on any atom is 0.212 e. The Morgan fingerprint density at radius 2 is 2.08 bits per heavy atom. The average molecular weight is 367 g/mol. The van der Waals surface area contributed by atoms with Crippen molar-refractivity contribution in [1.82, 2.24) is 15.0 Å². The van der Waals surface area contributed by atoms with Gasteiger partial charge in [-0.05, 0) is 49.6 Å². The molecule has 2 aromatic heterocycles. The Labute approximate surface area is 156 Å². The van der Waals surface area contributed by atoms with Crippen molar-refractivity contribution in [3.8, 4) is 0 Å². The molecule has 3 N–H and O–H groups in total. The van der Waals surface area contributed by atoms with E-state index in [9.17, 15) is 4.79 Å². The van der Waals surface area contributed by atoms with Crippen LogP contribution in [-0.4, -0.2) is 27.6 Å². The first-order valence-corrected chi connectivity index (χ1v) is 9.93. The number of aryl methyl sites for hydroxylation is 1. The molecule has 1 aromatic carbocycles. The van der Waals surface area contributed by atoms with Crippen LogP contribution in [0.5, 0.6) is 0 Å². The zero-order valence-corrected chi connectivity index (χ0v) is 15.6. The Balaban J connectivity index is 1.73. The number of nitrogens with zero attached hydrogens (tertiary/aromatic N) is 2. The number of aromatic amines is 1. The molecule has 1 aliphatic carbocycles. The van der Waals surface area contributed by atoms with E-state index in [0.717, 1.165) is 22.7 Å². The van der Waals surface area contributed by atoms with Crippen LogP contribution in [0.15, 0.2) is 29.2 Å². The standard InChI is InChI=1S/C19H21N5OS/c1-11-21-18-15(9-17(20-10-25)24-19(18)22-11)23-14-7-6-13(8-16(14)26-2)12-4-3-5-12/h6-10,12H,3-5H2,1-2H3,(H3,20,21,22,23,24,25). The van der Waals surface area contributed by atoms with Crippen molar-refractivity contribution in [3.05, 3.63) is 35.7 Å². The fraction of sp³-hybridized carbons (Fsp3) is 0.316. The highest BCUT2D eigenvalue weighted by Gasteiger charge is 2.20. The summed E-state index contributed by atoms with van der Waals surface area (Å²) in [5.41, 5.74) is 4.71. The lowest BCUT2D eigenvalue weighted by Gasteiger charge is -2.26. The van der Waals surface area contributed by atoms with Gasteiger partial charge in [-0.1, -0.05) is 12.5 Å². The highest BCUT2D eigenvalue weighted by molar-refractivity contribution is 7.98. The van der Waals surface area contributed by atoms with Gasteiger partial charge in [-0.3, -0.25) is 4.79 Å². The molecule has 0 aliphatic heterocycles. The molecule has 0 radical (unpaired) electrons. The van der Waals surface area contributed by atoms with Gasteiger partial charge in [0.2, 0.25) is 6.41 Å². The molecule has 0 atom stereocenters. The van der Waals surface area contributed by atoms with Gasteiger partial charge in [-0.15, -0.1) is 11.8 Å². The number of hydrogen-bond donors (Lipinski definition) is 3. The van der Waals surface area contributed by atoms with E-state index in [0.29, 0.717) is 23.8 Å². The lowest BCUT2D eigenvalue weighted by molar-refractivity contribution is -0.105. The molecule has 1 fully saturated rings. The SMILES string of the molecule is CSc1cc(C2CCC2)ccc1Nc1cc(NC=O)nc2nc(C)[nH]c12. The summed E-state index contributed by atoms with van der Waals surface area (Å²) >= 11 is 1.73. The fourth-order valence-electron chi connectivity index (χ4n) is 3.29. The molecule has 26 heavy (non-hydrogen) atoms. The van der Waals surface area contributed by atoms with Gasteiger partial charge in [0.1, 0.15) is 17.2 Å². The minimum atomic E-state index is 0.471. The number of rotatable bonds is 6. The number of pyridine rings is 1. The van der Waals surface area contributed by atoms with Crippen LogP contribution in [0.1, 0.15) is 36.6 Å². The fourth-order valence-corrected chi connectivity index (χ4v) is 3.88. The van der Waals surface area contributed by atoms with Gasteiger partial charge in [0, 0.05) is 11.0 Å². The van der Waals surface area contributed by atoms with Crippen LogP contribution >= 0.6 is 11.8 Å². The zero-order valence-electron chi connectivity index (χ0n) is 14.8. The van der Waals surface area contributed by atoms with Crippen molar-refractivity contribution >= 4 is 46.5 Å². The minimum Gasteiger partial charge on any atom is -0.353 e. The van der Waals surface area contributed by atoms with Gasteiger partial charge >= 0.3 is 0 Å². The van der Waals surface area contributed by atoms with Crippen LogP contribution in [0.25, 0.3) is 11.2 Å². The van der Waals surface area contributed by atoms with Crippen LogP contribution in [0, 0.1) is 6.92 Å². The highest BCUT2D eigenvalue weighted by atomic mass is 32.2. The van der Waals surface area contributed by atoms with Gasteiger partial charge < -0.3 is 15.6 Å². The molecule has 0 saturated heterocycles. The summed E-state index contributed by atoms with van der Waals surface area (Å²) in [4.78, 5) is 24.0. The van der Waals surface area contributed by atoms with E-state index in [1.54, 1.807) is 11.8 Å². The minimum absolute atomic E-state index is 0.471. The second kappa shape index (κ2) is 6.99. The number of benzene rings is 1. The van der Waals surface area contributed by atoms with Gasteiger partial charge in [0.05, 0.1) is 11.4 Å². The third kappa shape index (κ3) is 3.14. The van der Waals surface area contributed by atoms with Crippen LogP contribution in [0.3, 0.4) is 0 Å². The summed E-state index contributed by atoms with van der Waals surface area (Å²) in [6.07, 6.45) is 6.63. The predicted molar refractivity (Wildman–Crippen MR) is 106 cm³/mol. The van der Waals surface area contributed by atoms with Crippen LogP contribution in [0.2, 0.25) is 0 Å². The number of nitrogens with one attached hydrogen (secondary N) is 3. The molecule has 1 amide bonds. The van der Waals surface area contributed by atoms with E-state index in [1.165, 1.54) is 29.7 Å². The topological polar surface area (TPSA) is 82.7 Å². The summed E-state index contributed by atoms with van der Waals surface area (Å²) in [5.74, 6) is 1.96. The number of hydrogen-bond acceptors (Lipinski definition) is 5. The Morgan fingerprint density at radius 1 is 1.23 bits per heavy atom. The first-order chi connectivity index (χ1) is 12.7.